The highest BCUT2D eigenvalue weighted by Gasteiger charge is 2.18. The smallest absolute Gasteiger partial charge is 0.258 e. The van der Waals surface area contributed by atoms with Gasteiger partial charge in [0.2, 0.25) is 0 Å². The highest BCUT2D eigenvalue weighted by Crippen LogP contribution is 2.36. The summed E-state index contributed by atoms with van der Waals surface area (Å²) in [5.41, 5.74) is 1.98. The summed E-state index contributed by atoms with van der Waals surface area (Å²) < 4.78 is 11.1. The first-order chi connectivity index (χ1) is 13.2. The third kappa shape index (κ3) is 6.73. The van der Waals surface area contributed by atoms with E-state index in [4.69, 9.17) is 21.1 Å². The van der Waals surface area contributed by atoms with Crippen molar-refractivity contribution in [2.75, 3.05) is 13.7 Å². The van der Waals surface area contributed by atoms with Crippen LogP contribution in [0.25, 0.3) is 0 Å². The zero-order valence-corrected chi connectivity index (χ0v) is 18.0. The maximum atomic E-state index is 12.0. The fraction of sp³-hybridized carbons (Fsp3) is 0.409. The zero-order valence-electron chi connectivity index (χ0n) is 17.2. The number of hydrogen-bond acceptors (Lipinski definition) is 3. The Morgan fingerprint density at radius 1 is 1.21 bits per heavy atom. The zero-order chi connectivity index (χ0) is 20.7. The van der Waals surface area contributed by atoms with E-state index in [1.807, 2.05) is 51.1 Å². The average Bonchev–Trinajstić information content (AvgIpc) is 2.64. The number of hydrogen-bond donors (Lipinski definition) is 2. The monoisotopic (exact) mass is 405 g/mol. The van der Waals surface area contributed by atoms with Crippen molar-refractivity contribution in [2.24, 2.45) is 0 Å². The number of nitrogens with two attached hydrogens (primary N) is 1. The number of ether oxygens (including phenoxy) is 2. The second kappa shape index (κ2) is 9.80. The molecule has 0 fully saturated rings. The number of carbonyl (C=O) groups is 1. The molecule has 0 bridgehead atoms. The lowest BCUT2D eigenvalue weighted by Crippen LogP contribution is -2.83. The summed E-state index contributed by atoms with van der Waals surface area (Å²) in [4.78, 5) is 12.0. The van der Waals surface area contributed by atoms with Gasteiger partial charge < -0.3 is 20.1 Å². The van der Waals surface area contributed by atoms with Crippen LogP contribution in [0.4, 0.5) is 0 Å². The molecule has 0 heterocycles. The summed E-state index contributed by atoms with van der Waals surface area (Å²) in [6.07, 6.45) is 0. The van der Waals surface area contributed by atoms with E-state index in [1.165, 1.54) is 5.56 Å². The van der Waals surface area contributed by atoms with E-state index in [0.29, 0.717) is 22.6 Å². The number of carbonyl (C=O) groups excluding carboxylic acids is 1. The van der Waals surface area contributed by atoms with Crippen molar-refractivity contribution in [3.63, 3.8) is 0 Å². The minimum Gasteiger partial charge on any atom is -0.493 e. The van der Waals surface area contributed by atoms with Gasteiger partial charge in [0, 0.05) is 16.7 Å². The molecule has 2 aromatic carbocycles. The molecule has 0 aliphatic heterocycles. The minimum atomic E-state index is -0.316. The number of nitrogens with one attached hydrogen (secondary N) is 1. The molecule has 0 saturated heterocycles. The Hall–Kier alpha value is -2.24. The molecule has 1 atom stereocenters. The molecule has 1 amide bonds. The molecule has 2 rings (SSSR count). The third-order valence-corrected chi connectivity index (χ3v) is 4.46. The Kier molecular flexibility index (Phi) is 7.72. The Morgan fingerprint density at radius 2 is 1.89 bits per heavy atom. The highest BCUT2D eigenvalue weighted by molar-refractivity contribution is 6.32. The topological polar surface area (TPSA) is 64.2 Å². The molecule has 0 aromatic heterocycles. The van der Waals surface area contributed by atoms with E-state index < -0.39 is 0 Å². The largest absolute Gasteiger partial charge is 0.493 e. The standard InChI is InChI=1S/C22H29ClN2O3/c1-15(17-9-7-6-8-10-17)24-13-16-11-18(23)21(19(12-16)27-5)28-14-20(26)25-22(2,3)4/h6-12,15,24H,13-14H2,1-5H3,(H,25,26)/p+1/t15-/m1/s1. The van der Waals surface area contributed by atoms with Crippen LogP contribution in [0.5, 0.6) is 11.5 Å². The van der Waals surface area contributed by atoms with Crippen molar-refractivity contribution < 1.29 is 19.6 Å². The van der Waals surface area contributed by atoms with Gasteiger partial charge in [0.25, 0.3) is 5.91 Å². The maximum absolute atomic E-state index is 12.0. The molecule has 6 heteroatoms. The van der Waals surface area contributed by atoms with E-state index in [1.54, 1.807) is 7.11 Å². The average molecular weight is 406 g/mol. The third-order valence-electron chi connectivity index (χ3n) is 4.18. The number of amides is 1. The molecule has 152 valence electrons. The molecular formula is C22H30ClN2O3+. The van der Waals surface area contributed by atoms with Crippen molar-refractivity contribution >= 4 is 17.5 Å². The predicted octanol–water partition coefficient (Wildman–Crippen LogP) is 3.47. The second-order valence-corrected chi connectivity index (χ2v) is 8.24. The predicted molar refractivity (Wildman–Crippen MR) is 112 cm³/mol. The van der Waals surface area contributed by atoms with E-state index in [9.17, 15) is 4.79 Å². The SMILES string of the molecule is COc1cc(C[NH2+][C@H](C)c2ccccc2)cc(Cl)c1OCC(=O)NC(C)(C)C. The number of methoxy groups -OCH3 is 1. The number of benzene rings is 2. The van der Waals surface area contributed by atoms with Crippen LogP contribution in [-0.4, -0.2) is 25.2 Å². The van der Waals surface area contributed by atoms with Gasteiger partial charge in [-0.3, -0.25) is 4.79 Å². The van der Waals surface area contributed by atoms with Crippen LogP contribution in [0.3, 0.4) is 0 Å². The minimum absolute atomic E-state index is 0.121. The van der Waals surface area contributed by atoms with Crippen LogP contribution < -0.4 is 20.1 Å². The lowest BCUT2D eigenvalue weighted by atomic mass is 10.1. The molecule has 0 aliphatic rings. The molecule has 28 heavy (non-hydrogen) atoms. The van der Waals surface area contributed by atoms with Gasteiger partial charge in [0.05, 0.1) is 12.1 Å². The molecule has 2 aromatic rings. The van der Waals surface area contributed by atoms with Gasteiger partial charge >= 0.3 is 0 Å². The quantitative estimate of drug-likeness (QED) is 0.706. The van der Waals surface area contributed by atoms with Gasteiger partial charge in [-0.2, -0.15) is 0 Å². The van der Waals surface area contributed by atoms with Gasteiger partial charge in [-0.25, -0.2) is 0 Å². The van der Waals surface area contributed by atoms with E-state index in [2.05, 4.69) is 29.7 Å². The molecule has 0 unspecified atom stereocenters. The Balaban J connectivity index is 2.03. The van der Waals surface area contributed by atoms with Gasteiger partial charge in [-0.15, -0.1) is 0 Å². The van der Waals surface area contributed by atoms with Crippen molar-refractivity contribution in [3.05, 3.63) is 58.6 Å². The summed E-state index contributed by atoms with van der Waals surface area (Å²) in [6, 6.07) is 14.4. The van der Waals surface area contributed by atoms with Gasteiger partial charge in [0.15, 0.2) is 18.1 Å². The van der Waals surface area contributed by atoms with Gasteiger partial charge in [-0.1, -0.05) is 41.9 Å². The Bertz CT molecular complexity index is 788. The maximum Gasteiger partial charge on any atom is 0.258 e. The van der Waals surface area contributed by atoms with Crippen molar-refractivity contribution in [2.45, 2.75) is 45.8 Å². The van der Waals surface area contributed by atoms with Gasteiger partial charge in [0.1, 0.15) is 12.6 Å². The summed E-state index contributed by atoms with van der Waals surface area (Å²) in [5, 5.41) is 5.52. The van der Waals surface area contributed by atoms with E-state index in [0.717, 1.165) is 12.1 Å². The van der Waals surface area contributed by atoms with Gasteiger partial charge in [-0.05, 0) is 39.8 Å². The first-order valence-electron chi connectivity index (χ1n) is 9.38. The molecular weight excluding hydrogens is 376 g/mol. The number of rotatable bonds is 8. The molecule has 3 N–H and O–H groups in total. The van der Waals surface area contributed by atoms with Crippen LogP contribution in [0.1, 0.15) is 44.9 Å². The van der Waals surface area contributed by atoms with Crippen LogP contribution >= 0.6 is 11.6 Å². The van der Waals surface area contributed by atoms with E-state index in [-0.39, 0.29) is 18.1 Å². The van der Waals surface area contributed by atoms with E-state index >= 15 is 0 Å². The highest BCUT2D eigenvalue weighted by atomic mass is 35.5. The van der Waals surface area contributed by atoms with Crippen LogP contribution in [0.2, 0.25) is 5.02 Å². The van der Waals surface area contributed by atoms with Crippen LogP contribution in [0, 0.1) is 0 Å². The van der Waals surface area contributed by atoms with Crippen LogP contribution in [-0.2, 0) is 11.3 Å². The summed E-state index contributed by atoms with van der Waals surface area (Å²) in [6.45, 7) is 8.54. The Labute approximate surface area is 172 Å². The number of halogens is 1. The Morgan fingerprint density at radius 3 is 2.50 bits per heavy atom. The molecule has 5 nitrogen and oxygen atoms in total. The van der Waals surface area contributed by atoms with Crippen LogP contribution in [0.15, 0.2) is 42.5 Å². The first kappa shape index (κ1) is 22.1. The lowest BCUT2D eigenvalue weighted by molar-refractivity contribution is -0.707. The second-order valence-electron chi connectivity index (χ2n) is 7.84. The summed E-state index contributed by atoms with van der Waals surface area (Å²) >= 11 is 6.41. The number of quaternary nitrogens is 1. The summed E-state index contributed by atoms with van der Waals surface area (Å²) in [7, 11) is 1.56. The molecule has 0 saturated carbocycles. The fourth-order valence-corrected chi connectivity index (χ4v) is 3.12. The molecule has 0 spiro atoms. The lowest BCUT2D eigenvalue weighted by Gasteiger charge is -2.21. The van der Waals surface area contributed by atoms with Crippen molar-refractivity contribution in [1.29, 1.82) is 0 Å². The fourth-order valence-electron chi connectivity index (χ4n) is 2.83. The molecule has 0 radical (unpaired) electrons. The van der Waals surface area contributed by atoms with Crippen molar-refractivity contribution in [3.8, 4) is 11.5 Å². The molecule has 0 aliphatic carbocycles. The van der Waals surface area contributed by atoms with Crippen molar-refractivity contribution in [1.82, 2.24) is 5.32 Å². The first-order valence-corrected chi connectivity index (χ1v) is 9.76. The summed E-state index contributed by atoms with van der Waals surface area (Å²) in [5.74, 6) is 0.694. The normalized spacial score (nSPS) is 12.4.